The Morgan fingerprint density at radius 1 is 0.900 bits per heavy atom. The summed E-state index contributed by atoms with van der Waals surface area (Å²) in [6.07, 6.45) is 0. The quantitative estimate of drug-likeness (QED) is 0.398. The van der Waals surface area contributed by atoms with Crippen LogP contribution >= 0.6 is 11.3 Å². The van der Waals surface area contributed by atoms with Crippen molar-refractivity contribution in [3.05, 3.63) is 65.2 Å². The fraction of sp³-hybridized carbons (Fsp3) is 0.136. The molecular weight excluding hydrogens is 404 g/mol. The highest BCUT2D eigenvalue weighted by Gasteiger charge is 2.22. The van der Waals surface area contributed by atoms with E-state index in [0.29, 0.717) is 38.8 Å². The van der Waals surface area contributed by atoms with Gasteiger partial charge in [-0.15, -0.1) is 11.3 Å². The minimum absolute atomic E-state index is 0.0999. The van der Waals surface area contributed by atoms with Gasteiger partial charge >= 0.3 is 6.01 Å². The van der Waals surface area contributed by atoms with Gasteiger partial charge in [0.1, 0.15) is 11.4 Å². The largest absolute Gasteiger partial charge is 0.493 e. The van der Waals surface area contributed by atoms with Gasteiger partial charge in [0, 0.05) is 5.56 Å². The van der Waals surface area contributed by atoms with Crippen LogP contribution in [0.4, 0.5) is 0 Å². The number of thiophene rings is 1. The SMILES string of the molecule is COc1cc(C(=O)c2nc(Oc3ccccc3)nc3ccsc23)cc(OC)c1OC. The highest BCUT2D eigenvalue weighted by molar-refractivity contribution is 7.17. The average molecular weight is 422 g/mol. The van der Waals surface area contributed by atoms with Gasteiger partial charge in [-0.1, -0.05) is 18.2 Å². The molecule has 0 spiro atoms. The van der Waals surface area contributed by atoms with Gasteiger partial charge < -0.3 is 18.9 Å². The number of ketones is 1. The van der Waals surface area contributed by atoms with Gasteiger partial charge in [0.15, 0.2) is 11.5 Å². The lowest BCUT2D eigenvalue weighted by atomic mass is 10.1. The number of nitrogens with zero attached hydrogens (tertiary/aromatic N) is 2. The van der Waals surface area contributed by atoms with Gasteiger partial charge in [-0.05, 0) is 35.7 Å². The fourth-order valence-electron chi connectivity index (χ4n) is 2.98. The fourth-order valence-corrected chi connectivity index (χ4v) is 3.80. The van der Waals surface area contributed by atoms with E-state index < -0.39 is 0 Å². The summed E-state index contributed by atoms with van der Waals surface area (Å²) in [4.78, 5) is 22.2. The van der Waals surface area contributed by atoms with Crippen molar-refractivity contribution in [1.29, 1.82) is 0 Å². The van der Waals surface area contributed by atoms with Crippen LogP contribution in [0.15, 0.2) is 53.9 Å². The van der Waals surface area contributed by atoms with Crippen molar-refractivity contribution in [1.82, 2.24) is 9.97 Å². The number of rotatable bonds is 7. The van der Waals surface area contributed by atoms with E-state index in [1.807, 2.05) is 29.6 Å². The van der Waals surface area contributed by atoms with Crippen molar-refractivity contribution >= 4 is 27.3 Å². The minimum Gasteiger partial charge on any atom is -0.493 e. The monoisotopic (exact) mass is 422 g/mol. The Kier molecular flexibility index (Phi) is 5.49. The molecule has 0 radical (unpaired) electrons. The molecule has 152 valence electrons. The molecule has 0 fully saturated rings. The van der Waals surface area contributed by atoms with Crippen molar-refractivity contribution in [2.45, 2.75) is 0 Å². The molecule has 8 heteroatoms. The van der Waals surface area contributed by atoms with Crippen LogP contribution in [0.25, 0.3) is 10.2 Å². The number of hydrogen-bond acceptors (Lipinski definition) is 8. The summed E-state index contributed by atoms with van der Waals surface area (Å²) >= 11 is 1.39. The molecule has 0 saturated heterocycles. The van der Waals surface area contributed by atoms with E-state index in [2.05, 4.69) is 9.97 Å². The summed E-state index contributed by atoms with van der Waals surface area (Å²) in [6, 6.07) is 14.3. The van der Waals surface area contributed by atoms with E-state index in [1.54, 1.807) is 24.3 Å². The van der Waals surface area contributed by atoms with Gasteiger partial charge in [0.25, 0.3) is 0 Å². The van der Waals surface area contributed by atoms with Crippen LogP contribution in [0.1, 0.15) is 16.1 Å². The molecular formula is C22H18N2O5S. The molecule has 0 amide bonds. The molecule has 2 aromatic carbocycles. The van der Waals surface area contributed by atoms with E-state index in [0.717, 1.165) is 0 Å². The van der Waals surface area contributed by atoms with Crippen molar-refractivity contribution in [2.75, 3.05) is 21.3 Å². The topological polar surface area (TPSA) is 79.8 Å². The van der Waals surface area contributed by atoms with Crippen LogP contribution in [0, 0.1) is 0 Å². The van der Waals surface area contributed by atoms with E-state index in [9.17, 15) is 4.79 Å². The summed E-state index contributed by atoms with van der Waals surface area (Å²) in [7, 11) is 4.51. The van der Waals surface area contributed by atoms with Crippen LogP contribution < -0.4 is 18.9 Å². The zero-order valence-electron chi connectivity index (χ0n) is 16.5. The Hall–Kier alpha value is -3.65. The summed E-state index contributed by atoms with van der Waals surface area (Å²) in [5.41, 5.74) is 1.23. The second-order valence-electron chi connectivity index (χ2n) is 6.15. The third kappa shape index (κ3) is 3.65. The highest BCUT2D eigenvalue weighted by atomic mass is 32.1. The standard InChI is InChI=1S/C22H18N2O5S/c1-26-16-11-13(12-17(27-2)20(16)28-3)19(25)18-21-15(9-10-30-21)23-22(24-18)29-14-7-5-4-6-8-14/h4-12H,1-3H3. The van der Waals surface area contributed by atoms with Gasteiger partial charge in [-0.3, -0.25) is 4.79 Å². The predicted molar refractivity (Wildman–Crippen MR) is 113 cm³/mol. The highest BCUT2D eigenvalue weighted by Crippen LogP contribution is 2.39. The summed E-state index contributed by atoms with van der Waals surface area (Å²) in [5, 5.41) is 1.86. The first-order chi connectivity index (χ1) is 14.6. The number of hydrogen-bond donors (Lipinski definition) is 0. The molecule has 0 aliphatic carbocycles. The first-order valence-electron chi connectivity index (χ1n) is 8.97. The van der Waals surface area contributed by atoms with Crippen molar-refractivity contribution in [2.24, 2.45) is 0 Å². The Morgan fingerprint density at radius 3 is 2.23 bits per heavy atom. The van der Waals surface area contributed by atoms with Gasteiger partial charge in [-0.2, -0.15) is 9.97 Å². The van der Waals surface area contributed by atoms with E-state index in [-0.39, 0.29) is 17.5 Å². The lowest BCUT2D eigenvalue weighted by molar-refractivity contribution is 0.103. The summed E-state index contributed by atoms with van der Waals surface area (Å²) in [6.45, 7) is 0. The van der Waals surface area contributed by atoms with Gasteiger partial charge in [-0.25, -0.2) is 0 Å². The normalized spacial score (nSPS) is 10.6. The number of carbonyl (C=O) groups excluding carboxylic acids is 1. The number of ether oxygens (including phenoxy) is 4. The number of benzene rings is 2. The second kappa shape index (κ2) is 8.38. The predicted octanol–water partition coefficient (Wildman–Crippen LogP) is 4.74. The van der Waals surface area contributed by atoms with Crippen molar-refractivity contribution in [3.8, 4) is 29.0 Å². The second-order valence-corrected chi connectivity index (χ2v) is 7.06. The Morgan fingerprint density at radius 2 is 1.60 bits per heavy atom. The molecule has 4 aromatic rings. The maximum absolute atomic E-state index is 13.4. The summed E-state index contributed by atoms with van der Waals surface area (Å²) in [5.74, 6) is 1.46. The smallest absolute Gasteiger partial charge is 0.323 e. The Bertz CT molecular complexity index is 1180. The molecule has 0 bridgehead atoms. The maximum Gasteiger partial charge on any atom is 0.323 e. The van der Waals surface area contributed by atoms with E-state index in [1.165, 1.54) is 32.7 Å². The third-order valence-corrected chi connectivity index (χ3v) is 5.29. The molecule has 7 nitrogen and oxygen atoms in total. The Labute approximate surface area is 176 Å². The first kappa shape index (κ1) is 19.7. The van der Waals surface area contributed by atoms with Crippen LogP contribution in [0.3, 0.4) is 0 Å². The molecule has 0 aliphatic heterocycles. The molecule has 4 rings (SSSR count). The first-order valence-corrected chi connectivity index (χ1v) is 9.85. The van der Waals surface area contributed by atoms with Gasteiger partial charge in [0.2, 0.25) is 11.5 Å². The number of para-hydroxylation sites is 1. The minimum atomic E-state index is -0.304. The summed E-state index contributed by atoms with van der Waals surface area (Å²) < 4.78 is 22.5. The zero-order valence-corrected chi connectivity index (χ0v) is 17.4. The maximum atomic E-state index is 13.4. The van der Waals surface area contributed by atoms with Crippen LogP contribution in [0.2, 0.25) is 0 Å². The number of fused-ring (bicyclic) bond motifs is 1. The van der Waals surface area contributed by atoms with E-state index in [4.69, 9.17) is 18.9 Å². The number of aromatic nitrogens is 2. The van der Waals surface area contributed by atoms with Crippen molar-refractivity contribution in [3.63, 3.8) is 0 Å². The molecule has 0 saturated carbocycles. The van der Waals surface area contributed by atoms with E-state index >= 15 is 0 Å². The number of carbonyl (C=O) groups is 1. The number of methoxy groups -OCH3 is 3. The molecule has 0 N–H and O–H groups in total. The van der Waals surface area contributed by atoms with Gasteiger partial charge in [0.05, 0.1) is 31.5 Å². The van der Waals surface area contributed by atoms with Crippen molar-refractivity contribution < 1.29 is 23.7 Å². The molecule has 0 atom stereocenters. The van der Waals surface area contributed by atoms with Crippen LogP contribution in [-0.2, 0) is 0 Å². The molecule has 30 heavy (non-hydrogen) atoms. The lowest BCUT2D eigenvalue weighted by Crippen LogP contribution is -2.08. The average Bonchev–Trinajstić information content (AvgIpc) is 3.26. The van der Waals surface area contributed by atoms with Crippen LogP contribution in [-0.4, -0.2) is 37.1 Å². The Balaban J connectivity index is 1.81. The lowest BCUT2D eigenvalue weighted by Gasteiger charge is -2.14. The molecule has 0 unspecified atom stereocenters. The molecule has 2 aromatic heterocycles. The third-order valence-electron chi connectivity index (χ3n) is 4.38. The molecule has 2 heterocycles. The van der Waals surface area contributed by atoms with Crippen LogP contribution in [0.5, 0.6) is 29.0 Å². The zero-order chi connectivity index (χ0) is 21.1. The molecule has 0 aliphatic rings.